The van der Waals surface area contributed by atoms with E-state index in [1.807, 2.05) is 0 Å². The van der Waals surface area contributed by atoms with Gasteiger partial charge in [0.05, 0.1) is 12.0 Å². The van der Waals surface area contributed by atoms with Crippen LogP contribution in [0.2, 0.25) is 0 Å². The lowest BCUT2D eigenvalue weighted by Gasteiger charge is -2.26. The topological polar surface area (TPSA) is 160 Å². The van der Waals surface area contributed by atoms with Crippen molar-refractivity contribution >= 4 is 16.9 Å². The van der Waals surface area contributed by atoms with Gasteiger partial charge in [0.25, 0.3) is 0 Å². The van der Waals surface area contributed by atoms with E-state index in [1.54, 1.807) is 0 Å². The van der Waals surface area contributed by atoms with Crippen LogP contribution >= 0.6 is 16.9 Å². The zero-order valence-corrected chi connectivity index (χ0v) is 11.6. The molecule has 1 aromatic rings. The van der Waals surface area contributed by atoms with Crippen LogP contribution in [0, 0.1) is 0 Å². The van der Waals surface area contributed by atoms with Crippen molar-refractivity contribution in [1.29, 1.82) is 0 Å². The highest BCUT2D eigenvalue weighted by molar-refractivity contribution is 7.39. The Morgan fingerprint density at radius 3 is 2.79 bits per heavy atom. The van der Waals surface area contributed by atoms with E-state index in [2.05, 4.69) is 14.0 Å². The van der Waals surface area contributed by atoms with E-state index < -0.39 is 29.4 Å². The summed E-state index contributed by atoms with van der Waals surface area (Å²) in [6.45, 7) is -0.0846. The van der Waals surface area contributed by atoms with Crippen molar-refractivity contribution in [1.82, 2.24) is 9.55 Å². The largest absolute Gasteiger partial charge is 0.341 e. The van der Waals surface area contributed by atoms with Gasteiger partial charge < -0.3 is 30.1 Å². The minimum absolute atomic E-state index is 0.386. The second-order valence-electron chi connectivity index (χ2n) is 3.50. The Balaban J connectivity index is 2.77. The van der Waals surface area contributed by atoms with Crippen LogP contribution in [0.25, 0.3) is 0 Å². The Morgan fingerprint density at radius 2 is 2.26 bits per heavy atom. The highest BCUT2D eigenvalue weighted by atomic mass is 31.2. The van der Waals surface area contributed by atoms with E-state index in [4.69, 9.17) is 20.4 Å². The lowest BCUT2D eigenvalue weighted by Crippen LogP contribution is -2.36. The van der Waals surface area contributed by atoms with Crippen molar-refractivity contribution in [2.24, 2.45) is 5.73 Å². The second kappa shape index (κ2) is 7.39. The van der Waals surface area contributed by atoms with Gasteiger partial charge in [-0.25, -0.2) is 4.98 Å². The van der Waals surface area contributed by atoms with Crippen LogP contribution in [0.5, 0.6) is 0 Å². The molecule has 0 spiro atoms. The molecule has 0 saturated heterocycles. The van der Waals surface area contributed by atoms with Gasteiger partial charge in [-0.3, -0.25) is 13.6 Å². The average Bonchev–Trinajstić information content (AvgIpc) is 2.62. The first-order valence-electron chi connectivity index (χ1n) is 5.06. The first-order chi connectivity index (χ1) is 8.84. The molecule has 0 aliphatic heterocycles. The molecule has 12 heteroatoms. The van der Waals surface area contributed by atoms with Crippen molar-refractivity contribution in [3.8, 4) is 0 Å². The molecule has 0 bridgehead atoms. The lowest BCUT2D eigenvalue weighted by molar-refractivity contribution is -0.283. The number of hydrogen-bond acceptors (Lipinski definition) is 8. The van der Waals surface area contributed by atoms with Crippen LogP contribution in [-0.2, 0) is 26.6 Å². The van der Waals surface area contributed by atoms with Crippen molar-refractivity contribution in [2.75, 3.05) is 6.54 Å². The summed E-state index contributed by atoms with van der Waals surface area (Å²) in [5.41, 5.74) is 5.98. The first-order valence-corrected chi connectivity index (χ1v) is 7.49. The maximum atomic E-state index is 10.6. The van der Waals surface area contributed by atoms with Gasteiger partial charge in [0.1, 0.15) is 6.54 Å². The summed E-state index contributed by atoms with van der Waals surface area (Å²) in [4.78, 5) is 30.0. The standard InChI is InChI=1S/C7H15N3O7P2/c8-2-1-6-3-10(5-9-6)4-7(11,16-18(12)13)17-19(14)15/h3,5,11-13,19H,1-2,4,8H2,(H,14,15). The smallest absolute Gasteiger partial charge is 0.331 e. The summed E-state index contributed by atoms with van der Waals surface area (Å²) >= 11 is 0. The molecule has 0 radical (unpaired) electrons. The molecule has 1 rings (SSSR count). The molecule has 1 aromatic heterocycles. The van der Waals surface area contributed by atoms with Crippen LogP contribution < -0.4 is 5.73 Å². The van der Waals surface area contributed by atoms with Crippen LogP contribution in [0.4, 0.5) is 0 Å². The molecule has 0 amide bonds. The molecular formula is C7H15N3O7P2. The number of aliphatic hydroxyl groups is 1. The van der Waals surface area contributed by atoms with E-state index in [9.17, 15) is 9.67 Å². The van der Waals surface area contributed by atoms with Crippen LogP contribution in [0.15, 0.2) is 12.5 Å². The van der Waals surface area contributed by atoms with E-state index >= 15 is 0 Å². The Hall–Kier alpha value is -0.410. The Kier molecular flexibility index (Phi) is 6.48. The van der Waals surface area contributed by atoms with E-state index in [-0.39, 0.29) is 0 Å². The van der Waals surface area contributed by atoms with Gasteiger partial charge in [-0.1, -0.05) is 0 Å². The van der Waals surface area contributed by atoms with Crippen LogP contribution in [0.1, 0.15) is 5.69 Å². The SMILES string of the molecule is NCCc1cn(CC(O)(OP(O)O)O[PH](=O)O)cn1. The Labute approximate surface area is 110 Å². The average molecular weight is 315 g/mol. The van der Waals surface area contributed by atoms with Gasteiger partial charge in [0.2, 0.25) is 0 Å². The van der Waals surface area contributed by atoms with Gasteiger partial charge >= 0.3 is 22.8 Å². The van der Waals surface area contributed by atoms with E-state index in [1.165, 1.54) is 17.1 Å². The Morgan fingerprint density at radius 1 is 1.58 bits per heavy atom. The third kappa shape index (κ3) is 6.05. The molecule has 0 aliphatic rings. The molecule has 19 heavy (non-hydrogen) atoms. The predicted molar refractivity (Wildman–Crippen MR) is 64.7 cm³/mol. The zero-order valence-electron chi connectivity index (χ0n) is 9.71. The third-order valence-electron chi connectivity index (χ3n) is 1.94. The summed E-state index contributed by atoms with van der Waals surface area (Å²) in [5.74, 6) is -2.64. The van der Waals surface area contributed by atoms with Crippen LogP contribution in [0.3, 0.4) is 0 Å². The molecule has 1 heterocycles. The maximum Gasteiger partial charge on any atom is 0.331 e. The molecule has 110 valence electrons. The summed E-state index contributed by atoms with van der Waals surface area (Å²) < 4.78 is 20.5. The van der Waals surface area contributed by atoms with E-state index in [0.717, 1.165) is 0 Å². The highest BCUT2D eigenvalue weighted by Gasteiger charge is 2.35. The fourth-order valence-corrected chi connectivity index (χ4v) is 2.14. The monoisotopic (exact) mass is 315 g/mol. The zero-order chi connectivity index (χ0) is 14.5. The number of nitrogens with two attached hydrogens (primary N) is 1. The van der Waals surface area contributed by atoms with E-state index in [0.29, 0.717) is 18.7 Å². The second-order valence-corrected chi connectivity index (χ2v) is 4.92. The summed E-state index contributed by atoms with van der Waals surface area (Å²) in [6.07, 6.45) is 3.33. The van der Waals surface area contributed by atoms with Gasteiger partial charge in [0.15, 0.2) is 0 Å². The van der Waals surface area contributed by atoms with Crippen molar-refractivity contribution in [2.45, 2.75) is 18.9 Å². The molecule has 0 fully saturated rings. The molecule has 10 nitrogen and oxygen atoms in total. The summed E-state index contributed by atoms with van der Waals surface area (Å²) in [5, 5.41) is 9.79. The maximum absolute atomic E-state index is 10.6. The fourth-order valence-electron chi connectivity index (χ4n) is 1.34. The van der Waals surface area contributed by atoms with Crippen molar-refractivity contribution < 1.29 is 33.4 Å². The van der Waals surface area contributed by atoms with Crippen LogP contribution in [-0.4, -0.2) is 41.9 Å². The predicted octanol–water partition coefficient (Wildman–Crippen LogP) is -1.34. The highest BCUT2D eigenvalue weighted by Crippen LogP contribution is 2.37. The molecule has 6 N–H and O–H groups in total. The van der Waals surface area contributed by atoms with Gasteiger partial charge in [0, 0.05) is 12.6 Å². The van der Waals surface area contributed by atoms with Gasteiger partial charge in [-0.15, -0.1) is 0 Å². The minimum Gasteiger partial charge on any atom is -0.341 e. The van der Waals surface area contributed by atoms with Crippen molar-refractivity contribution in [3.63, 3.8) is 0 Å². The molecule has 2 atom stereocenters. The first kappa shape index (κ1) is 16.6. The number of hydrogen-bond donors (Lipinski definition) is 5. The molecule has 0 aliphatic carbocycles. The molecule has 0 saturated carbocycles. The lowest BCUT2D eigenvalue weighted by atomic mass is 10.3. The van der Waals surface area contributed by atoms with Crippen molar-refractivity contribution in [3.05, 3.63) is 18.2 Å². The normalized spacial score (nSPS) is 16.5. The minimum atomic E-state index is -3.55. The number of imidazole rings is 1. The van der Waals surface area contributed by atoms with Gasteiger partial charge in [-0.05, 0) is 6.54 Å². The molecule has 2 unspecified atom stereocenters. The number of rotatable bonds is 8. The molecular weight excluding hydrogens is 300 g/mol. The quantitative estimate of drug-likeness (QED) is 0.289. The molecule has 0 aromatic carbocycles. The van der Waals surface area contributed by atoms with Gasteiger partial charge in [-0.2, -0.15) is 0 Å². The fraction of sp³-hybridized carbons (Fsp3) is 0.571. The summed E-state index contributed by atoms with van der Waals surface area (Å²) in [6, 6.07) is 0. The Bertz CT molecular complexity index is 429. The third-order valence-corrected chi connectivity index (χ3v) is 2.88. The summed E-state index contributed by atoms with van der Waals surface area (Å²) in [7, 11) is -6.53. The number of aromatic nitrogens is 2. The number of nitrogens with zero attached hydrogens (tertiary/aromatic N) is 2.